The van der Waals surface area contributed by atoms with Gasteiger partial charge < -0.3 is 10.6 Å². The molecule has 1 saturated carbocycles. The normalized spacial score (nSPS) is 15.2. The first kappa shape index (κ1) is 16.3. The molecule has 0 amide bonds. The van der Waals surface area contributed by atoms with Crippen LogP contribution in [-0.2, 0) is 4.74 Å². The number of nitrogen functional groups attached to an aromatic ring is 1. The second kappa shape index (κ2) is 6.91. The Labute approximate surface area is 141 Å². The zero-order valence-electron chi connectivity index (χ0n) is 13.8. The highest BCUT2D eigenvalue weighted by atomic mass is 16.5. The minimum absolute atomic E-state index is 0.0635. The quantitative estimate of drug-likeness (QED) is 0.532. The third-order valence-electron chi connectivity index (χ3n) is 4.60. The summed E-state index contributed by atoms with van der Waals surface area (Å²) in [6, 6.07) is 8.87. The lowest BCUT2D eigenvalue weighted by molar-refractivity contribution is 0.0208. The van der Waals surface area contributed by atoms with E-state index in [-0.39, 0.29) is 17.5 Å². The van der Waals surface area contributed by atoms with Crippen LogP contribution in [0.15, 0.2) is 36.5 Å². The van der Waals surface area contributed by atoms with Crippen LogP contribution in [0.1, 0.15) is 64.1 Å². The molecule has 0 radical (unpaired) electrons. The van der Waals surface area contributed by atoms with E-state index in [2.05, 4.69) is 0 Å². The van der Waals surface area contributed by atoms with E-state index in [1.807, 2.05) is 6.07 Å². The Morgan fingerprint density at radius 1 is 1.12 bits per heavy atom. The van der Waals surface area contributed by atoms with Gasteiger partial charge in [0.15, 0.2) is 5.78 Å². The van der Waals surface area contributed by atoms with Crippen LogP contribution in [-0.4, -0.2) is 22.5 Å². The second-order valence-electron chi connectivity index (χ2n) is 6.27. The molecule has 0 aliphatic heterocycles. The number of nitrogens with two attached hydrogens (primary N) is 1. The Bertz CT molecular complexity index is 743. The van der Waals surface area contributed by atoms with Crippen molar-refractivity contribution in [1.29, 1.82) is 0 Å². The number of nitrogens with zero attached hydrogens (tertiary/aromatic N) is 1. The summed E-state index contributed by atoms with van der Waals surface area (Å²) < 4.78 is 6.95. The first-order valence-corrected chi connectivity index (χ1v) is 8.35. The number of hydrogen-bond donors (Lipinski definition) is 1. The molecule has 1 aliphatic rings. The molecular formula is C19H22N2O3. The van der Waals surface area contributed by atoms with Crippen LogP contribution in [0.2, 0.25) is 0 Å². The van der Waals surface area contributed by atoms with Crippen LogP contribution < -0.4 is 5.84 Å². The molecule has 5 heteroatoms. The van der Waals surface area contributed by atoms with E-state index < -0.39 is 5.97 Å². The second-order valence-corrected chi connectivity index (χ2v) is 6.27. The van der Waals surface area contributed by atoms with Crippen LogP contribution in [0.5, 0.6) is 0 Å². The maximum Gasteiger partial charge on any atom is 0.341 e. The molecule has 126 valence electrons. The SMILES string of the molecule is Cc1c(C(=O)OC2CCCCC2)c(C(=O)c2ccccc2)cn1N. The fraction of sp³-hybridized carbons (Fsp3) is 0.368. The number of rotatable bonds is 4. The van der Waals surface area contributed by atoms with Crippen molar-refractivity contribution in [3.8, 4) is 0 Å². The van der Waals surface area contributed by atoms with E-state index in [0.29, 0.717) is 16.8 Å². The Morgan fingerprint density at radius 3 is 2.46 bits per heavy atom. The molecule has 1 aromatic carbocycles. The molecule has 1 aromatic heterocycles. The van der Waals surface area contributed by atoms with Crippen molar-refractivity contribution in [3.05, 3.63) is 58.9 Å². The number of esters is 1. The van der Waals surface area contributed by atoms with Gasteiger partial charge in [-0.3, -0.25) is 9.47 Å². The van der Waals surface area contributed by atoms with Gasteiger partial charge in [-0.25, -0.2) is 4.79 Å². The molecule has 24 heavy (non-hydrogen) atoms. The van der Waals surface area contributed by atoms with Gasteiger partial charge in [0.1, 0.15) is 6.10 Å². The number of benzene rings is 1. The maximum atomic E-state index is 12.8. The lowest BCUT2D eigenvalue weighted by atomic mass is 9.97. The van der Waals surface area contributed by atoms with Crippen molar-refractivity contribution < 1.29 is 14.3 Å². The maximum absolute atomic E-state index is 12.8. The van der Waals surface area contributed by atoms with Gasteiger partial charge in [-0.2, -0.15) is 0 Å². The number of carbonyl (C=O) groups is 2. The van der Waals surface area contributed by atoms with Crippen molar-refractivity contribution in [3.63, 3.8) is 0 Å². The molecule has 5 nitrogen and oxygen atoms in total. The van der Waals surface area contributed by atoms with E-state index >= 15 is 0 Å². The number of ketones is 1. The molecule has 0 spiro atoms. The average Bonchev–Trinajstić information content (AvgIpc) is 2.91. The van der Waals surface area contributed by atoms with Crippen LogP contribution in [0.25, 0.3) is 0 Å². The summed E-state index contributed by atoms with van der Waals surface area (Å²) >= 11 is 0. The highest BCUT2D eigenvalue weighted by Crippen LogP contribution is 2.25. The summed E-state index contributed by atoms with van der Waals surface area (Å²) in [4.78, 5) is 25.4. The van der Waals surface area contributed by atoms with Crippen LogP contribution in [0, 0.1) is 6.92 Å². The fourth-order valence-corrected chi connectivity index (χ4v) is 3.19. The van der Waals surface area contributed by atoms with Crippen molar-refractivity contribution in [2.45, 2.75) is 45.1 Å². The molecule has 0 saturated heterocycles. The Hall–Kier alpha value is -2.56. The standard InChI is InChI=1S/C19H22N2O3/c1-13-17(19(23)24-15-10-6-3-7-11-15)16(12-21(13)20)18(22)14-8-4-2-5-9-14/h2,4-5,8-9,12,15H,3,6-7,10-11,20H2,1H3. The Kier molecular flexibility index (Phi) is 4.69. The lowest BCUT2D eigenvalue weighted by Gasteiger charge is -2.22. The predicted molar refractivity (Wildman–Crippen MR) is 91.5 cm³/mol. The summed E-state index contributed by atoms with van der Waals surface area (Å²) in [7, 11) is 0. The topological polar surface area (TPSA) is 74.3 Å². The molecule has 0 bridgehead atoms. The molecule has 0 atom stereocenters. The summed E-state index contributed by atoms with van der Waals surface area (Å²) in [6.45, 7) is 1.72. The van der Waals surface area contributed by atoms with E-state index in [1.54, 1.807) is 31.2 Å². The van der Waals surface area contributed by atoms with E-state index in [1.165, 1.54) is 17.3 Å². The number of hydrogen-bond acceptors (Lipinski definition) is 4. The monoisotopic (exact) mass is 326 g/mol. The molecule has 3 rings (SSSR count). The van der Waals surface area contributed by atoms with Crippen molar-refractivity contribution in [1.82, 2.24) is 4.68 Å². The first-order valence-electron chi connectivity index (χ1n) is 8.35. The summed E-state index contributed by atoms with van der Waals surface area (Å²) in [5.74, 6) is 5.21. The molecule has 1 aliphatic carbocycles. The summed E-state index contributed by atoms with van der Waals surface area (Å²) in [5.41, 5.74) is 1.63. The van der Waals surface area contributed by atoms with Gasteiger partial charge in [0.2, 0.25) is 0 Å². The van der Waals surface area contributed by atoms with Gasteiger partial charge in [0.05, 0.1) is 16.8 Å². The highest BCUT2D eigenvalue weighted by molar-refractivity contribution is 6.15. The van der Waals surface area contributed by atoms with Gasteiger partial charge >= 0.3 is 5.97 Å². The van der Waals surface area contributed by atoms with Crippen LogP contribution in [0.4, 0.5) is 0 Å². The molecule has 1 heterocycles. The van der Waals surface area contributed by atoms with Crippen molar-refractivity contribution in [2.24, 2.45) is 0 Å². The molecule has 2 aromatic rings. The van der Waals surface area contributed by atoms with Gasteiger partial charge in [-0.1, -0.05) is 36.8 Å². The Morgan fingerprint density at radius 2 is 1.79 bits per heavy atom. The molecule has 0 unspecified atom stereocenters. The number of carbonyl (C=O) groups excluding carboxylic acids is 2. The zero-order chi connectivity index (χ0) is 17.1. The number of aromatic nitrogens is 1. The third kappa shape index (κ3) is 3.20. The highest BCUT2D eigenvalue weighted by Gasteiger charge is 2.27. The van der Waals surface area contributed by atoms with E-state index in [0.717, 1.165) is 25.7 Å². The minimum Gasteiger partial charge on any atom is -0.459 e. The largest absolute Gasteiger partial charge is 0.459 e. The van der Waals surface area contributed by atoms with E-state index in [4.69, 9.17) is 10.6 Å². The van der Waals surface area contributed by atoms with Crippen molar-refractivity contribution in [2.75, 3.05) is 5.84 Å². The zero-order valence-corrected chi connectivity index (χ0v) is 13.8. The molecular weight excluding hydrogens is 304 g/mol. The van der Waals surface area contributed by atoms with Crippen LogP contribution in [0.3, 0.4) is 0 Å². The predicted octanol–water partition coefficient (Wildman–Crippen LogP) is 3.23. The summed E-state index contributed by atoms with van der Waals surface area (Å²) in [6.07, 6.45) is 6.54. The Balaban J connectivity index is 1.89. The van der Waals surface area contributed by atoms with Crippen LogP contribution >= 0.6 is 0 Å². The van der Waals surface area contributed by atoms with Crippen molar-refractivity contribution >= 4 is 11.8 Å². The third-order valence-corrected chi connectivity index (χ3v) is 4.60. The van der Waals surface area contributed by atoms with Gasteiger partial charge in [-0.05, 0) is 32.6 Å². The van der Waals surface area contributed by atoms with Gasteiger partial charge in [0, 0.05) is 11.8 Å². The molecule has 2 N–H and O–H groups in total. The summed E-state index contributed by atoms with van der Waals surface area (Å²) in [5, 5.41) is 0. The minimum atomic E-state index is -0.456. The van der Waals surface area contributed by atoms with Gasteiger partial charge in [-0.15, -0.1) is 0 Å². The smallest absolute Gasteiger partial charge is 0.341 e. The lowest BCUT2D eigenvalue weighted by Crippen LogP contribution is -2.22. The van der Waals surface area contributed by atoms with E-state index in [9.17, 15) is 9.59 Å². The van der Waals surface area contributed by atoms with Gasteiger partial charge in [0.25, 0.3) is 0 Å². The first-order chi connectivity index (χ1) is 11.6. The fourth-order valence-electron chi connectivity index (χ4n) is 3.19. The average molecular weight is 326 g/mol. The molecule has 1 fully saturated rings. The number of ether oxygens (including phenoxy) is 1.